The first kappa shape index (κ1) is 34.0. The molecule has 0 fully saturated rings. The maximum Gasteiger partial charge on any atom is 0.297 e. The lowest BCUT2D eigenvalue weighted by atomic mass is 10.1. The first-order valence-electron chi connectivity index (χ1n) is 16.4. The molecule has 2 aromatic carbocycles. The molecule has 234 valence electrons. The van der Waals surface area contributed by atoms with Crippen molar-refractivity contribution in [1.29, 1.82) is 0 Å². The van der Waals surface area contributed by atoms with Gasteiger partial charge in [-0.1, -0.05) is 99.9 Å². The van der Waals surface area contributed by atoms with Gasteiger partial charge in [0.1, 0.15) is 19.0 Å². The Kier molecular flexibility index (Phi) is 15.0. The van der Waals surface area contributed by atoms with E-state index in [4.69, 9.17) is 14.2 Å². The summed E-state index contributed by atoms with van der Waals surface area (Å²) in [5, 5.41) is 0.868. The number of fused-ring (bicyclic) bond motifs is 1. The molecular weight excluding hydrogens is 534 g/mol. The van der Waals surface area contributed by atoms with Gasteiger partial charge in [-0.3, -0.25) is 4.79 Å². The molecule has 3 aromatic rings. The smallest absolute Gasteiger partial charge is 0.297 e. The van der Waals surface area contributed by atoms with Crippen LogP contribution < -0.4 is 19.8 Å². The molecule has 0 amide bonds. The van der Waals surface area contributed by atoms with Crippen LogP contribution >= 0.6 is 0 Å². The standard InChI is InChI=1S/C38H53NO4/c1-6-8-10-11-12-16-25-39-35-28-33(41-26-9-7-2)22-23-34(35)36(42-27-24-31(5)19-17-18-30(3)4)37(38(39)40)43-29-32-20-14-13-15-21-32/h13-15,18,20-24,28H,6-12,16-17,19,25-27,29H2,1-5H3/b31-24+. The summed E-state index contributed by atoms with van der Waals surface area (Å²) >= 11 is 0. The predicted octanol–water partition coefficient (Wildman–Crippen LogP) is 10.2. The summed E-state index contributed by atoms with van der Waals surface area (Å²) in [5.41, 5.74) is 4.28. The molecule has 5 heteroatoms. The van der Waals surface area contributed by atoms with Crippen LogP contribution in [-0.4, -0.2) is 17.8 Å². The van der Waals surface area contributed by atoms with Gasteiger partial charge in [0, 0.05) is 18.0 Å². The lowest BCUT2D eigenvalue weighted by Crippen LogP contribution is -2.24. The van der Waals surface area contributed by atoms with Crippen molar-refractivity contribution in [3.63, 3.8) is 0 Å². The van der Waals surface area contributed by atoms with Crippen molar-refractivity contribution >= 4 is 10.9 Å². The minimum Gasteiger partial charge on any atom is -0.494 e. The van der Waals surface area contributed by atoms with Crippen LogP contribution in [0.4, 0.5) is 0 Å². The third kappa shape index (κ3) is 11.3. The summed E-state index contributed by atoms with van der Waals surface area (Å²) < 4.78 is 20.6. The average Bonchev–Trinajstić information content (AvgIpc) is 3.00. The SMILES string of the molecule is CCCCCCCCn1c(=O)c(OCc2ccccc2)c(OC/C=C(\C)CCC=C(C)C)c2ccc(OCCCC)cc21. The molecule has 0 unspecified atom stereocenters. The Hall–Kier alpha value is -3.47. The van der Waals surface area contributed by atoms with Crippen LogP contribution in [0.15, 0.2) is 76.6 Å². The Morgan fingerprint density at radius 3 is 2.28 bits per heavy atom. The largest absolute Gasteiger partial charge is 0.494 e. The van der Waals surface area contributed by atoms with Crippen molar-refractivity contribution in [2.24, 2.45) is 0 Å². The third-order valence-corrected chi connectivity index (χ3v) is 7.63. The molecule has 0 aliphatic heterocycles. The fourth-order valence-corrected chi connectivity index (χ4v) is 5.03. The summed E-state index contributed by atoms with van der Waals surface area (Å²) in [6, 6.07) is 16.0. The van der Waals surface area contributed by atoms with Gasteiger partial charge in [-0.15, -0.1) is 0 Å². The molecule has 43 heavy (non-hydrogen) atoms. The maximum atomic E-state index is 14.2. The summed E-state index contributed by atoms with van der Waals surface area (Å²) in [5.74, 6) is 1.55. The van der Waals surface area contributed by atoms with Gasteiger partial charge in [0.15, 0.2) is 5.75 Å². The maximum absolute atomic E-state index is 14.2. The number of allylic oxidation sites excluding steroid dienone is 3. The number of aryl methyl sites for hydroxylation is 1. The van der Waals surface area contributed by atoms with Crippen molar-refractivity contribution < 1.29 is 14.2 Å². The van der Waals surface area contributed by atoms with Gasteiger partial charge in [0.2, 0.25) is 5.75 Å². The van der Waals surface area contributed by atoms with Gasteiger partial charge in [-0.2, -0.15) is 0 Å². The lowest BCUT2D eigenvalue weighted by molar-refractivity contribution is 0.270. The molecular formula is C38H53NO4. The zero-order chi connectivity index (χ0) is 30.9. The van der Waals surface area contributed by atoms with E-state index in [1.807, 2.05) is 53.1 Å². The molecule has 0 radical (unpaired) electrons. The van der Waals surface area contributed by atoms with Crippen molar-refractivity contribution in [3.05, 3.63) is 87.7 Å². The molecule has 3 rings (SSSR count). The number of nitrogens with zero attached hydrogens (tertiary/aromatic N) is 1. The van der Waals surface area contributed by atoms with E-state index in [0.717, 1.165) is 60.7 Å². The number of hydrogen-bond donors (Lipinski definition) is 0. The highest BCUT2D eigenvalue weighted by Gasteiger charge is 2.20. The van der Waals surface area contributed by atoms with E-state index in [1.165, 1.54) is 36.8 Å². The average molecular weight is 588 g/mol. The number of aromatic nitrogens is 1. The van der Waals surface area contributed by atoms with E-state index in [0.29, 0.717) is 32.1 Å². The topological polar surface area (TPSA) is 49.7 Å². The zero-order valence-electron chi connectivity index (χ0n) is 27.3. The molecule has 0 saturated carbocycles. The van der Waals surface area contributed by atoms with Crippen molar-refractivity contribution in [2.75, 3.05) is 13.2 Å². The summed E-state index contributed by atoms with van der Waals surface area (Å²) in [4.78, 5) is 14.2. The highest BCUT2D eigenvalue weighted by Crippen LogP contribution is 2.35. The fourth-order valence-electron chi connectivity index (χ4n) is 5.03. The van der Waals surface area contributed by atoms with Gasteiger partial charge in [-0.05, 0) is 70.2 Å². The van der Waals surface area contributed by atoms with E-state index < -0.39 is 0 Å². The third-order valence-electron chi connectivity index (χ3n) is 7.63. The molecule has 0 spiro atoms. The Balaban J connectivity index is 1.99. The molecule has 5 nitrogen and oxygen atoms in total. The number of rotatable bonds is 20. The van der Waals surface area contributed by atoms with Crippen LogP contribution in [0.25, 0.3) is 10.9 Å². The second-order valence-corrected chi connectivity index (χ2v) is 11.7. The van der Waals surface area contributed by atoms with Crippen LogP contribution in [0.1, 0.15) is 104 Å². The summed E-state index contributed by atoms with van der Waals surface area (Å²) in [7, 11) is 0. The Morgan fingerprint density at radius 1 is 0.791 bits per heavy atom. The number of unbranched alkanes of at least 4 members (excludes halogenated alkanes) is 6. The van der Waals surface area contributed by atoms with E-state index >= 15 is 0 Å². The predicted molar refractivity (Wildman–Crippen MR) is 181 cm³/mol. The highest BCUT2D eigenvalue weighted by atomic mass is 16.5. The van der Waals surface area contributed by atoms with Gasteiger partial charge in [-0.25, -0.2) is 0 Å². The quantitative estimate of drug-likeness (QED) is 0.0975. The number of ether oxygens (including phenoxy) is 3. The molecule has 0 aliphatic rings. The van der Waals surface area contributed by atoms with E-state index in [1.54, 1.807) is 0 Å². The van der Waals surface area contributed by atoms with Gasteiger partial charge >= 0.3 is 0 Å². The molecule has 0 N–H and O–H groups in total. The van der Waals surface area contributed by atoms with E-state index in [2.05, 4.69) is 46.8 Å². The van der Waals surface area contributed by atoms with Gasteiger partial charge in [0.05, 0.1) is 12.1 Å². The Morgan fingerprint density at radius 2 is 1.53 bits per heavy atom. The van der Waals surface area contributed by atoms with Crippen LogP contribution in [0.3, 0.4) is 0 Å². The minimum atomic E-state index is -0.151. The Bertz CT molecular complexity index is 1370. The summed E-state index contributed by atoms with van der Waals surface area (Å²) in [6.07, 6.45) is 15.3. The van der Waals surface area contributed by atoms with E-state index in [9.17, 15) is 4.79 Å². The molecule has 0 atom stereocenters. The van der Waals surface area contributed by atoms with Crippen molar-refractivity contribution in [3.8, 4) is 17.2 Å². The molecule has 0 aliphatic carbocycles. The Labute approximate surface area is 259 Å². The minimum absolute atomic E-state index is 0.151. The highest BCUT2D eigenvalue weighted by molar-refractivity contribution is 5.89. The number of benzene rings is 2. The second kappa shape index (κ2) is 18.9. The van der Waals surface area contributed by atoms with Crippen LogP contribution in [0.5, 0.6) is 17.2 Å². The van der Waals surface area contributed by atoms with Gasteiger partial charge < -0.3 is 18.8 Å². The van der Waals surface area contributed by atoms with Crippen LogP contribution in [-0.2, 0) is 13.2 Å². The molecule has 1 aromatic heterocycles. The first-order chi connectivity index (χ1) is 20.9. The van der Waals surface area contributed by atoms with Crippen LogP contribution in [0.2, 0.25) is 0 Å². The zero-order valence-corrected chi connectivity index (χ0v) is 27.3. The lowest BCUT2D eigenvalue weighted by Gasteiger charge is -2.19. The van der Waals surface area contributed by atoms with Crippen molar-refractivity contribution in [2.45, 2.75) is 112 Å². The first-order valence-corrected chi connectivity index (χ1v) is 16.4. The number of pyridine rings is 1. The second-order valence-electron chi connectivity index (χ2n) is 11.7. The summed E-state index contributed by atoms with van der Waals surface area (Å²) in [6.45, 7) is 12.7. The molecule has 0 saturated heterocycles. The molecule has 0 bridgehead atoms. The molecule has 1 heterocycles. The van der Waals surface area contributed by atoms with E-state index in [-0.39, 0.29) is 11.3 Å². The van der Waals surface area contributed by atoms with Crippen LogP contribution in [0, 0.1) is 0 Å². The fraction of sp³-hybridized carbons (Fsp3) is 0.500. The van der Waals surface area contributed by atoms with Gasteiger partial charge in [0.25, 0.3) is 5.56 Å². The monoisotopic (exact) mass is 587 g/mol. The normalized spacial score (nSPS) is 11.5. The number of hydrogen-bond acceptors (Lipinski definition) is 4. The van der Waals surface area contributed by atoms with Crippen molar-refractivity contribution in [1.82, 2.24) is 4.57 Å².